The van der Waals surface area contributed by atoms with Crippen molar-refractivity contribution in [2.24, 2.45) is 0 Å². The van der Waals surface area contributed by atoms with Crippen molar-refractivity contribution in [2.45, 2.75) is 25.8 Å². The molecule has 3 aromatic rings. The van der Waals surface area contributed by atoms with Crippen LogP contribution in [0.15, 0.2) is 35.4 Å². The molecular formula is C18H20N6O3. The van der Waals surface area contributed by atoms with Gasteiger partial charge >= 0.3 is 0 Å². The number of nitrogens with one attached hydrogen (secondary N) is 3. The highest BCUT2D eigenvalue weighted by Gasteiger charge is 2.26. The van der Waals surface area contributed by atoms with Gasteiger partial charge in [0.05, 0.1) is 0 Å². The van der Waals surface area contributed by atoms with E-state index in [-0.39, 0.29) is 29.1 Å². The van der Waals surface area contributed by atoms with E-state index in [1.807, 2.05) is 0 Å². The first-order chi connectivity index (χ1) is 13.0. The first-order valence-corrected chi connectivity index (χ1v) is 8.84. The average molecular weight is 368 g/mol. The fourth-order valence-corrected chi connectivity index (χ4v) is 3.35. The zero-order chi connectivity index (χ0) is 19.0. The van der Waals surface area contributed by atoms with Crippen molar-refractivity contribution >= 4 is 17.3 Å². The smallest absolute Gasteiger partial charge is 0.274 e. The van der Waals surface area contributed by atoms with Crippen LogP contribution >= 0.6 is 0 Å². The maximum atomic E-state index is 12.7. The third-order valence-electron chi connectivity index (χ3n) is 4.77. The minimum absolute atomic E-state index is 0.0245. The standard InChI is InChI=1S/C18H20N6O3/c1-11-10-24-15(17(26)20-11)9-14(22-24)18(27)23-7-4-12(5-8-23)21-16(25)13-3-2-6-19-13/h2-3,6,9-10,12,19H,4-5,7-8H2,1H3,(H,20,26)(H,21,25). The Hall–Kier alpha value is -3.36. The highest BCUT2D eigenvalue weighted by atomic mass is 16.2. The predicted octanol–water partition coefficient (Wildman–Crippen LogP) is 0.694. The number of rotatable bonds is 3. The number of hydrogen-bond donors (Lipinski definition) is 3. The zero-order valence-electron chi connectivity index (χ0n) is 14.9. The molecule has 3 N–H and O–H groups in total. The van der Waals surface area contributed by atoms with E-state index in [1.165, 1.54) is 10.6 Å². The number of fused-ring (bicyclic) bond motifs is 1. The first-order valence-electron chi connectivity index (χ1n) is 8.84. The number of aromatic nitrogens is 4. The second kappa shape index (κ2) is 6.75. The van der Waals surface area contributed by atoms with Crippen molar-refractivity contribution in [3.8, 4) is 0 Å². The van der Waals surface area contributed by atoms with Gasteiger partial charge in [-0.1, -0.05) is 0 Å². The summed E-state index contributed by atoms with van der Waals surface area (Å²) < 4.78 is 1.44. The van der Waals surface area contributed by atoms with Gasteiger partial charge < -0.3 is 20.2 Å². The lowest BCUT2D eigenvalue weighted by Crippen LogP contribution is -2.46. The summed E-state index contributed by atoms with van der Waals surface area (Å²) in [5.41, 5.74) is 1.52. The molecule has 4 rings (SSSR count). The molecule has 0 aromatic carbocycles. The van der Waals surface area contributed by atoms with Gasteiger partial charge in [-0.05, 0) is 31.9 Å². The Kier molecular flexibility index (Phi) is 4.27. The van der Waals surface area contributed by atoms with Crippen LogP contribution in [0.4, 0.5) is 0 Å². The van der Waals surface area contributed by atoms with Gasteiger partial charge in [0, 0.05) is 43.3 Å². The highest BCUT2D eigenvalue weighted by molar-refractivity contribution is 5.94. The van der Waals surface area contributed by atoms with Crippen molar-refractivity contribution in [3.05, 3.63) is 58.0 Å². The maximum Gasteiger partial charge on any atom is 0.274 e. The van der Waals surface area contributed by atoms with E-state index in [0.717, 1.165) is 0 Å². The molecule has 1 aliphatic rings. The Labute approximate surface area is 154 Å². The van der Waals surface area contributed by atoms with E-state index in [1.54, 1.807) is 36.4 Å². The van der Waals surface area contributed by atoms with Crippen molar-refractivity contribution in [2.75, 3.05) is 13.1 Å². The van der Waals surface area contributed by atoms with Gasteiger partial charge in [0.15, 0.2) is 5.69 Å². The fourth-order valence-electron chi connectivity index (χ4n) is 3.35. The summed E-state index contributed by atoms with van der Waals surface area (Å²) in [7, 11) is 0. The first kappa shape index (κ1) is 17.1. The van der Waals surface area contributed by atoms with Crippen LogP contribution in [-0.4, -0.2) is 55.4 Å². The quantitative estimate of drug-likeness (QED) is 0.631. The number of likely N-dealkylation sites (tertiary alicyclic amines) is 1. The number of amides is 2. The maximum absolute atomic E-state index is 12.7. The van der Waals surface area contributed by atoms with Crippen LogP contribution in [0.5, 0.6) is 0 Å². The van der Waals surface area contributed by atoms with Gasteiger partial charge in [-0.3, -0.25) is 14.4 Å². The molecular weight excluding hydrogens is 348 g/mol. The molecule has 2 amide bonds. The van der Waals surface area contributed by atoms with Crippen LogP contribution in [-0.2, 0) is 0 Å². The molecule has 9 heteroatoms. The van der Waals surface area contributed by atoms with Crippen molar-refractivity contribution in [1.82, 2.24) is 29.8 Å². The van der Waals surface area contributed by atoms with Gasteiger partial charge in [-0.15, -0.1) is 0 Å². The summed E-state index contributed by atoms with van der Waals surface area (Å²) in [5.74, 6) is -0.343. The normalized spacial score (nSPS) is 15.2. The van der Waals surface area contributed by atoms with Crippen LogP contribution in [0, 0.1) is 6.92 Å². The summed E-state index contributed by atoms with van der Waals surface area (Å²) in [6.45, 7) is 2.81. The molecule has 27 heavy (non-hydrogen) atoms. The number of piperidine rings is 1. The molecule has 3 aromatic heterocycles. The predicted molar refractivity (Wildman–Crippen MR) is 97.7 cm³/mol. The number of hydrogen-bond acceptors (Lipinski definition) is 4. The zero-order valence-corrected chi connectivity index (χ0v) is 14.9. The SMILES string of the molecule is Cc1cn2nc(C(=O)N3CCC(NC(=O)c4ccc[nH]4)CC3)cc2c(=O)[nH]1. The summed E-state index contributed by atoms with van der Waals surface area (Å²) >= 11 is 0. The second-order valence-corrected chi connectivity index (χ2v) is 6.75. The minimum atomic E-state index is -0.271. The Morgan fingerprint density at radius 3 is 2.78 bits per heavy atom. The van der Waals surface area contributed by atoms with E-state index < -0.39 is 0 Å². The lowest BCUT2D eigenvalue weighted by molar-refractivity contribution is 0.0691. The molecule has 1 saturated heterocycles. The summed E-state index contributed by atoms with van der Waals surface area (Å²) in [6, 6.07) is 5.04. The molecule has 1 aliphatic heterocycles. The molecule has 4 heterocycles. The van der Waals surface area contributed by atoms with E-state index in [2.05, 4.69) is 20.4 Å². The minimum Gasteiger partial charge on any atom is -0.357 e. The summed E-state index contributed by atoms with van der Waals surface area (Å²) in [5, 5.41) is 7.22. The molecule has 0 atom stereocenters. The van der Waals surface area contributed by atoms with Crippen molar-refractivity contribution in [1.29, 1.82) is 0 Å². The Bertz CT molecular complexity index is 1040. The molecule has 0 aliphatic carbocycles. The fraction of sp³-hybridized carbons (Fsp3) is 0.333. The van der Waals surface area contributed by atoms with E-state index in [0.29, 0.717) is 42.8 Å². The van der Waals surface area contributed by atoms with Crippen LogP contribution < -0.4 is 10.9 Å². The lowest BCUT2D eigenvalue weighted by atomic mass is 10.0. The summed E-state index contributed by atoms with van der Waals surface area (Å²) in [4.78, 5) is 44.1. The van der Waals surface area contributed by atoms with Crippen molar-refractivity contribution in [3.63, 3.8) is 0 Å². The van der Waals surface area contributed by atoms with Gasteiger partial charge in [0.1, 0.15) is 11.2 Å². The second-order valence-electron chi connectivity index (χ2n) is 6.75. The third kappa shape index (κ3) is 3.35. The number of carbonyl (C=O) groups excluding carboxylic acids is 2. The van der Waals surface area contributed by atoms with E-state index in [4.69, 9.17) is 0 Å². The summed E-state index contributed by atoms with van der Waals surface area (Å²) in [6.07, 6.45) is 4.73. The molecule has 140 valence electrons. The van der Waals surface area contributed by atoms with Gasteiger partial charge in [-0.2, -0.15) is 5.10 Å². The van der Waals surface area contributed by atoms with Gasteiger partial charge in [-0.25, -0.2) is 4.52 Å². The Balaban J connectivity index is 1.41. The molecule has 0 bridgehead atoms. The number of aromatic amines is 2. The van der Waals surface area contributed by atoms with E-state index in [9.17, 15) is 14.4 Å². The van der Waals surface area contributed by atoms with Gasteiger partial charge in [0.25, 0.3) is 17.4 Å². The molecule has 0 radical (unpaired) electrons. The van der Waals surface area contributed by atoms with Crippen molar-refractivity contribution < 1.29 is 9.59 Å². The van der Waals surface area contributed by atoms with E-state index >= 15 is 0 Å². The lowest BCUT2D eigenvalue weighted by Gasteiger charge is -2.31. The largest absolute Gasteiger partial charge is 0.357 e. The molecule has 0 spiro atoms. The Morgan fingerprint density at radius 1 is 1.30 bits per heavy atom. The van der Waals surface area contributed by atoms with Gasteiger partial charge in [0.2, 0.25) is 0 Å². The van der Waals surface area contributed by atoms with Crippen LogP contribution in [0.2, 0.25) is 0 Å². The Morgan fingerprint density at radius 2 is 2.07 bits per heavy atom. The average Bonchev–Trinajstić information content (AvgIpc) is 3.31. The molecule has 9 nitrogen and oxygen atoms in total. The van der Waals surface area contributed by atoms with Crippen LogP contribution in [0.25, 0.3) is 5.52 Å². The number of carbonyl (C=O) groups is 2. The highest BCUT2D eigenvalue weighted by Crippen LogP contribution is 2.15. The molecule has 1 fully saturated rings. The molecule has 0 saturated carbocycles. The molecule has 0 unspecified atom stereocenters. The number of H-pyrrole nitrogens is 2. The monoisotopic (exact) mass is 368 g/mol. The third-order valence-corrected chi connectivity index (χ3v) is 4.77. The van der Waals surface area contributed by atoms with Crippen LogP contribution in [0.3, 0.4) is 0 Å². The number of nitrogens with zero attached hydrogens (tertiary/aromatic N) is 3. The van der Waals surface area contributed by atoms with Crippen LogP contribution in [0.1, 0.15) is 39.5 Å². The number of aryl methyl sites for hydroxylation is 1. The topological polar surface area (TPSA) is 115 Å².